The summed E-state index contributed by atoms with van der Waals surface area (Å²) < 4.78 is 15.7. The molecule has 0 heterocycles. The van der Waals surface area contributed by atoms with Crippen molar-refractivity contribution in [2.75, 3.05) is 33.4 Å². The summed E-state index contributed by atoms with van der Waals surface area (Å²) in [5.41, 5.74) is -0.574. The molecule has 9 nitrogen and oxygen atoms in total. The molecule has 1 aromatic rings. The molecule has 0 saturated heterocycles. The number of amides is 3. The minimum Gasteiger partial charge on any atom is -0.493 e. The van der Waals surface area contributed by atoms with Gasteiger partial charge >= 0.3 is 6.09 Å². The molecule has 0 aliphatic heterocycles. The molecule has 1 aromatic carbocycles. The maximum Gasteiger partial charge on any atom is 0.407 e. The lowest BCUT2D eigenvalue weighted by Gasteiger charge is -2.19. The number of hydrogen-bond acceptors (Lipinski definition) is 6. The largest absolute Gasteiger partial charge is 0.493 e. The third kappa shape index (κ3) is 11.5. The smallest absolute Gasteiger partial charge is 0.407 e. The highest BCUT2D eigenvalue weighted by Gasteiger charge is 2.15. The van der Waals surface area contributed by atoms with E-state index in [1.54, 1.807) is 39.0 Å². The standard InChI is InChI=1S/C20H31N3O6/c1-20(2,3)29-19(26)23-13-10-17(24)21-11-7-12-22-18(25)14-28-16-9-6-5-8-15(16)27-4/h5-6,8-9H,7,10-14H2,1-4H3,(H,21,24)(H,22,25)(H,23,26). The third-order valence-corrected chi connectivity index (χ3v) is 3.45. The molecule has 0 unspecified atom stereocenters. The van der Waals surface area contributed by atoms with Crippen LogP contribution in [0.5, 0.6) is 11.5 Å². The normalized spacial score (nSPS) is 10.6. The highest BCUT2D eigenvalue weighted by molar-refractivity contribution is 5.78. The number of carbonyl (C=O) groups excluding carboxylic acids is 3. The van der Waals surface area contributed by atoms with Gasteiger partial charge in [-0.3, -0.25) is 9.59 Å². The number of hydrogen-bond donors (Lipinski definition) is 3. The molecule has 3 amide bonds. The summed E-state index contributed by atoms with van der Waals surface area (Å²) in [4.78, 5) is 35.0. The van der Waals surface area contributed by atoms with E-state index in [0.717, 1.165) is 0 Å². The van der Waals surface area contributed by atoms with E-state index >= 15 is 0 Å². The second kappa shape index (κ2) is 12.5. The van der Waals surface area contributed by atoms with Gasteiger partial charge in [0.15, 0.2) is 18.1 Å². The van der Waals surface area contributed by atoms with Crippen LogP contribution >= 0.6 is 0 Å². The summed E-state index contributed by atoms with van der Waals surface area (Å²) in [6.45, 7) is 6.19. The topological polar surface area (TPSA) is 115 Å². The Bertz CT molecular complexity index is 672. The van der Waals surface area contributed by atoms with E-state index in [1.165, 1.54) is 7.11 Å². The first-order valence-corrected chi connectivity index (χ1v) is 9.47. The van der Waals surface area contributed by atoms with E-state index in [0.29, 0.717) is 31.0 Å². The molecule has 0 fully saturated rings. The number of ether oxygens (including phenoxy) is 3. The Morgan fingerprint density at radius 1 is 0.897 bits per heavy atom. The summed E-state index contributed by atoms with van der Waals surface area (Å²) >= 11 is 0. The molecular formula is C20H31N3O6. The molecule has 0 spiro atoms. The van der Waals surface area contributed by atoms with Crippen LogP contribution < -0.4 is 25.4 Å². The van der Waals surface area contributed by atoms with Crippen molar-refractivity contribution in [3.8, 4) is 11.5 Å². The number of methoxy groups -OCH3 is 1. The van der Waals surface area contributed by atoms with Gasteiger partial charge in [-0.15, -0.1) is 0 Å². The monoisotopic (exact) mass is 409 g/mol. The van der Waals surface area contributed by atoms with Crippen molar-refractivity contribution >= 4 is 17.9 Å². The fourth-order valence-corrected chi connectivity index (χ4v) is 2.16. The first kappa shape index (κ1) is 24.1. The second-order valence-electron chi connectivity index (χ2n) is 7.17. The highest BCUT2D eigenvalue weighted by Crippen LogP contribution is 2.25. The average molecular weight is 409 g/mol. The molecular weight excluding hydrogens is 378 g/mol. The van der Waals surface area contributed by atoms with Crippen LogP contribution in [0.4, 0.5) is 4.79 Å². The Hall–Kier alpha value is -2.97. The predicted octanol–water partition coefficient (Wildman–Crippen LogP) is 1.61. The zero-order valence-corrected chi connectivity index (χ0v) is 17.5. The van der Waals surface area contributed by atoms with Crippen molar-refractivity contribution in [1.82, 2.24) is 16.0 Å². The number of nitrogens with one attached hydrogen (secondary N) is 3. The lowest BCUT2D eigenvalue weighted by atomic mass is 10.2. The van der Waals surface area contributed by atoms with E-state index in [9.17, 15) is 14.4 Å². The SMILES string of the molecule is COc1ccccc1OCC(=O)NCCCNC(=O)CCNC(=O)OC(C)(C)C. The van der Waals surface area contributed by atoms with Crippen LogP contribution in [-0.4, -0.2) is 56.9 Å². The van der Waals surface area contributed by atoms with Crippen LogP contribution in [0, 0.1) is 0 Å². The maximum absolute atomic E-state index is 11.8. The van der Waals surface area contributed by atoms with Gasteiger partial charge in [0.1, 0.15) is 5.60 Å². The van der Waals surface area contributed by atoms with Gasteiger partial charge in [-0.05, 0) is 39.3 Å². The van der Waals surface area contributed by atoms with Crippen molar-refractivity contribution in [3.05, 3.63) is 24.3 Å². The van der Waals surface area contributed by atoms with E-state index in [-0.39, 0.29) is 31.4 Å². The highest BCUT2D eigenvalue weighted by atomic mass is 16.6. The first-order chi connectivity index (χ1) is 13.7. The molecule has 0 aromatic heterocycles. The van der Waals surface area contributed by atoms with Crippen LogP contribution in [0.3, 0.4) is 0 Å². The Kier molecular flexibility index (Phi) is 10.4. The van der Waals surface area contributed by atoms with E-state index in [2.05, 4.69) is 16.0 Å². The molecule has 0 saturated carbocycles. The lowest BCUT2D eigenvalue weighted by Crippen LogP contribution is -2.36. The fourth-order valence-electron chi connectivity index (χ4n) is 2.16. The van der Waals surface area contributed by atoms with Crippen LogP contribution in [0.1, 0.15) is 33.6 Å². The Balaban J connectivity index is 2.07. The summed E-state index contributed by atoms with van der Waals surface area (Å²) in [6.07, 6.45) is 0.174. The molecule has 29 heavy (non-hydrogen) atoms. The van der Waals surface area contributed by atoms with E-state index in [4.69, 9.17) is 14.2 Å². The number of rotatable bonds is 11. The molecule has 3 N–H and O–H groups in total. The molecule has 9 heteroatoms. The fraction of sp³-hybridized carbons (Fsp3) is 0.550. The molecule has 0 atom stereocenters. The summed E-state index contributed by atoms with van der Waals surface area (Å²) in [5.74, 6) is 0.609. The average Bonchev–Trinajstić information content (AvgIpc) is 2.64. The summed E-state index contributed by atoms with van der Waals surface area (Å²) in [6, 6.07) is 7.08. The van der Waals surface area contributed by atoms with Crippen molar-refractivity contribution in [2.24, 2.45) is 0 Å². The number of para-hydroxylation sites is 2. The number of benzene rings is 1. The third-order valence-electron chi connectivity index (χ3n) is 3.45. The molecule has 0 aliphatic rings. The molecule has 0 radical (unpaired) electrons. The molecule has 0 aliphatic carbocycles. The lowest BCUT2D eigenvalue weighted by molar-refractivity contribution is -0.123. The van der Waals surface area contributed by atoms with Gasteiger partial charge in [0, 0.05) is 26.1 Å². The Morgan fingerprint density at radius 2 is 1.52 bits per heavy atom. The second-order valence-corrected chi connectivity index (χ2v) is 7.17. The van der Waals surface area contributed by atoms with Gasteiger partial charge < -0.3 is 30.2 Å². The van der Waals surface area contributed by atoms with Crippen LogP contribution in [0.2, 0.25) is 0 Å². The Morgan fingerprint density at radius 3 is 2.14 bits per heavy atom. The zero-order valence-electron chi connectivity index (χ0n) is 17.5. The van der Waals surface area contributed by atoms with Crippen LogP contribution in [0.25, 0.3) is 0 Å². The van der Waals surface area contributed by atoms with Gasteiger partial charge in [-0.25, -0.2) is 4.79 Å². The summed E-state index contributed by atoms with van der Waals surface area (Å²) in [7, 11) is 1.53. The van der Waals surface area contributed by atoms with Crippen LogP contribution in [-0.2, 0) is 14.3 Å². The van der Waals surface area contributed by atoms with Gasteiger partial charge in [-0.1, -0.05) is 12.1 Å². The first-order valence-electron chi connectivity index (χ1n) is 9.47. The molecule has 1 rings (SSSR count). The van der Waals surface area contributed by atoms with Crippen molar-refractivity contribution in [1.29, 1.82) is 0 Å². The zero-order chi connectivity index (χ0) is 21.7. The number of carbonyl (C=O) groups is 3. The summed E-state index contributed by atoms with van der Waals surface area (Å²) in [5, 5.41) is 7.96. The van der Waals surface area contributed by atoms with Crippen molar-refractivity contribution < 1.29 is 28.6 Å². The minimum atomic E-state index is -0.574. The predicted molar refractivity (Wildman–Crippen MR) is 108 cm³/mol. The molecule has 0 bridgehead atoms. The van der Waals surface area contributed by atoms with Crippen LogP contribution in [0.15, 0.2) is 24.3 Å². The Labute approximate surface area is 171 Å². The van der Waals surface area contributed by atoms with Gasteiger partial charge in [0.05, 0.1) is 7.11 Å². The van der Waals surface area contributed by atoms with Gasteiger partial charge in [0.25, 0.3) is 5.91 Å². The quantitative estimate of drug-likeness (QED) is 0.479. The molecule has 162 valence electrons. The minimum absolute atomic E-state index is 0.122. The van der Waals surface area contributed by atoms with Gasteiger partial charge in [-0.2, -0.15) is 0 Å². The van der Waals surface area contributed by atoms with Gasteiger partial charge in [0.2, 0.25) is 5.91 Å². The number of alkyl carbamates (subject to hydrolysis) is 1. The van der Waals surface area contributed by atoms with E-state index in [1.807, 2.05) is 6.07 Å². The van der Waals surface area contributed by atoms with E-state index < -0.39 is 11.7 Å². The maximum atomic E-state index is 11.8. The van der Waals surface area contributed by atoms with Crippen molar-refractivity contribution in [3.63, 3.8) is 0 Å². The van der Waals surface area contributed by atoms with Crippen molar-refractivity contribution in [2.45, 2.75) is 39.2 Å².